The number of rotatable bonds is 3. The van der Waals surface area contributed by atoms with Crippen LogP contribution in [0.2, 0.25) is 0 Å². The molecule has 3 rings (SSSR count). The van der Waals surface area contributed by atoms with Gasteiger partial charge in [-0.2, -0.15) is 0 Å². The molecule has 2 atom stereocenters. The largest absolute Gasteiger partial charge is 0.392 e. The normalized spacial score (nSPS) is 31.6. The fourth-order valence-corrected chi connectivity index (χ4v) is 3.52. The van der Waals surface area contributed by atoms with E-state index in [1.165, 1.54) is 25.7 Å². The van der Waals surface area contributed by atoms with Crippen molar-refractivity contribution in [2.24, 2.45) is 0 Å². The monoisotopic (exact) mass is 246 g/mol. The van der Waals surface area contributed by atoms with Crippen LogP contribution in [0.4, 0.5) is 5.69 Å². The molecule has 0 radical (unpaired) electrons. The van der Waals surface area contributed by atoms with Crippen molar-refractivity contribution in [3.05, 3.63) is 29.8 Å². The molecule has 1 aromatic carbocycles. The van der Waals surface area contributed by atoms with Crippen LogP contribution in [0.25, 0.3) is 0 Å². The minimum atomic E-state index is 0.119. The number of fused-ring (bicyclic) bond motifs is 2. The first-order valence-corrected chi connectivity index (χ1v) is 6.94. The number of hydrogen-bond acceptors (Lipinski definition) is 3. The van der Waals surface area contributed by atoms with Gasteiger partial charge in [0.05, 0.1) is 6.61 Å². The molecule has 18 heavy (non-hydrogen) atoms. The van der Waals surface area contributed by atoms with E-state index in [1.54, 1.807) is 0 Å². The number of aliphatic hydroxyl groups excluding tert-OH is 1. The lowest BCUT2D eigenvalue weighted by atomic mass is 9.97. The number of hydrogen-bond donors (Lipinski definition) is 2. The van der Waals surface area contributed by atoms with E-state index < -0.39 is 0 Å². The fourth-order valence-electron chi connectivity index (χ4n) is 3.52. The molecule has 98 valence electrons. The van der Waals surface area contributed by atoms with Gasteiger partial charge in [-0.15, -0.1) is 0 Å². The van der Waals surface area contributed by atoms with Crippen LogP contribution in [0.15, 0.2) is 24.3 Å². The number of anilines is 1. The van der Waals surface area contributed by atoms with Gasteiger partial charge in [0.2, 0.25) is 0 Å². The van der Waals surface area contributed by atoms with Crippen molar-refractivity contribution < 1.29 is 5.11 Å². The zero-order valence-electron chi connectivity index (χ0n) is 11.0. The average Bonchev–Trinajstić information content (AvgIpc) is 2.62. The van der Waals surface area contributed by atoms with Crippen molar-refractivity contribution in [2.45, 2.75) is 50.4 Å². The van der Waals surface area contributed by atoms with Crippen molar-refractivity contribution in [3.8, 4) is 0 Å². The van der Waals surface area contributed by atoms with Gasteiger partial charge in [-0.25, -0.2) is 0 Å². The van der Waals surface area contributed by atoms with Crippen LogP contribution in [0.3, 0.4) is 0 Å². The molecule has 0 spiro atoms. The smallest absolute Gasteiger partial charge is 0.0682 e. The molecule has 2 aliphatic heterocycles. The summed E-state index contributed by atoms with van der Waals surface area (Å²) in [5.74, 6) is 0. The minimum absolute atomic E-state index is 0.119. The van der Waals surface area contributed by atoms with Crippen LogP contribution in [0.5, 0.6) is 0 Å². The predicted octanol–water partition coefficient (Wildman–Crippen LogP) is 2.22. The first-order chi connectivity index (χ1) is 8.76. The number of nitrogens with one attached hydrogen (secondary N) is 1. The van der Waals surface area contributed by atoms with Crippen LogP contribution >= 0.6 is 0 Å². The summed E-state index contributed by atoms with van der Waals surface area (Å²) in [5, 5.41) is 12.8. The minimum Gasteiger partial charge on any atom is -0.392 e. The molecular formula is C15H22N2O. The molecule has 3 heteroatoms. The van der Waals surface area contributed by atoms with Gasteiger partial charge in [0.25, 0.3) is 0 Å². The van der Waals surface area contributed by atoms with Crippen LogP contribution < -0.4 is 5.32 Å². The molecule has 1 aromatic rings. The summed E-state index contributed by atoms with van der Waals surface area (Å²) in [7, 11) is 2.27. The summed E-state index contributed by atoms with van der Waals surface area (Å²) in [6.07, 6.45) is 5.21. The van der Waals surface area contributed by atoms with Gasteiger partial charge in [-0.3, -0.25) is 0 Å². The van der Waals surface area contributed by atoms with E-state index in [4.69, 9.17) is 5.11 Å². The van der Waals surface area contributed by atoms with Gasteiger partial charge >= 0.3 is 0 Å². The second-order valence-corrected chi connectivity index (χ2v) is 5.72. The highest BCUT2D eigenvalue weighted by Gasteiger charge is 2.38. The summed E-state index contributed by atoms with van der Waals surface area (Å²) in [5.41, 5.74) is 2.13. The van der Waals surface area contributed by atoms with Crippen molar-refractivity contribution in [1.82, 2.24) is 4.90 Å². The Hall–Kier alpha value is -1.06. The maximum atomic E-state index is 9.16. The van der Waals surface area contributed by atoms with Gasteiger partial charge in [-0.1, -0.05) is 12.1 Å². The predicted molar refractivity (Wildman–Crippen MR) is 73.6 cm³/mol. The molecule has 2 fully saturated rings. The van der Waals surface area contributed by atoms with Gasteiger partial charge in [0, 0.05) is 23.8 Å². The lowest BCUT2D eigenvalue weighted by Crippen LogP contribution is -2.44. The van der Waals surface area contributed by atoms with Crippen LogP contribution in [0, 0.1) is 0 Å². The maximum Gasteiger partial charge on any atom is 0.0682 e. The van der Waals surface area contributed by atoms with Crippen molar-refractivity contribution in [1.29, 1.82) is 0 Å². The standard InChI is InChI=1S/C15H22N2O/c1-17-14-5-6-15(17)9-13(8-14)16-12-4-2-3-11(7-12)10-18/h2-4,7,13-16,18H,5-6,8-10H2,1H3. The van der Waals surface area contributed by atoms with Crippen molar-refractivity contribution in [2.75, 3.05) is 12.4 Å². The number of benzene rings is 1. The third-order valence-corrected chi connectivity index (χ3v) is 4.58. The van der Waals surface area contributed by atoms with Crippen LogP contribution in [-0.4, -0.2) is 35.2 Å². The summed E-state index contributed by atoms with van der Waals surface area (Å²) in [4.78, 5) is 2.56. The van der Waals surface area contributed by atoms with E-state index in [-0.39, 0.29) is 6.61 Å². The van der Waals surface area contributed by atoms with E-state index in [2.05, 4.69) is 29.4 Å². The second kappa shape index (κ2) is 4.90. The Morgan fingerprint density at radius 1 is 1.28 bits per heavy atom. The molecule has 2 heterocycles. The fraction of sp³-hybridized carbons (Fsp3) is 0.600. The zero-order chi connectivity index (χ0) is 12.5. The second-order valence-electron chi connectivity index (χ2n) is 5.72. The molecule has 3 nitrogen and oxygen atoms in total. The number of piperidine rings is 1. The molecule has 2 aliphatic rings. The number of aliphatic hydroxyl groups is 1. The number of nitrogens with zero attached hydrogens (tertiary/aromatic N) is 1. The summed E-state index contributed by atoms with van der Waals surface area (Å²) >= 11 is 0. The SMILES string of the molecule is CN1C2CCC1CC(Nc1cccc(CO)c1)C2. The Morgan fingerprint density at radius 3 is 2.67 bits per heavy atom. The molecule has 2 unspecified atom stereocenters. The third kappa shape index (κ3) is 2.25. The molecule has 2 N–H and O–H groups in total. The van der Waals surface area contributed by atoms with E-state index >= 15 is 0 Å². The highest BCUT2D eigenvalue weighted by molar-refractivity contribution is 5.46. The van der Waals surface area contributed by atoms with Crippen molar-refractivity contribution in [3.63, 3.8) is 0 Å². The Labute approximate surface area is 109 Å². The van der Waals surface area contributed by atoms with Crippen LogP contribution in [-0.2, 0) is 6.61 Å². The molecule has 0 aliphatic carbocycles. The molecule has 0 aromatic heterocycles. The molecule has 2 bridgehead atoms. The molecular weight excluding hydrogens is 224 g/mol. The lowest BCUT2D eigenvalue weighted by Gasteiger charge is -2.37. The van der Waals surface area contributed by atoms with E-state index in [9.17, 15) is 0 Å². The first-order valence-electron chi connectivity index (χ1n) is 6.94. The Morgan fingerprint density at radius 2 is 2.00 bits per heavy atom. The summed E-state index contributed by atoms with van der Waals surface area (Å²) in [6.45, 7) is 0.119. The van der Waals surface area contributed by atoms with E-state index in [0.29, 0.717) is 6.04 Å². The lowest BCUT2D eigenvalue weighted by molar-refractivity contribution is 0.169. The quantitative estimate of drug-likeness (QED) is 0.858. The first kappa shape index (κ1) is 12.0. The van der Waals surface area contributed by atoms with Gasteiger partial charge in [0.1, 0.15) is 0 Å². The van der Waals surface area contributed by atoms with Crippen molar-refractivity contribution >= 4 is 5.69 Å². The van der Waals surface area contributed by atoms with Gasteiger partial charge in [-0.05, 0) is 50.4 Å². The van der Waals surface area contributed by atoms with Crippen LogP contribution in [0.1, 0.15) is 31.2 Å². The summed E-state index contributed by atoms with van der Waals surface area (Å²) < 4.78 is 0. The molecule has 2 saturated heterocycles. The molecule has 0 saturated carbocycles. The third-order valence-electron chi connectivity index (χ3n) is 4.58. The Balaban J connectivity index is 1.66. The van der Waals surface area contributed by atoms with Gasteiger partial charge in [0.15, 0.2) is 0 Å². The average molecular weight is 246 g/mol. The highest BCUT2D eigenvalue weighted by atomic mass is 16.3. The van der Waals surface area contributed by atoms with E-state index in [1.807, 2.05) is 12.1 Å². The Kier molecular flexibility index (Phi) is 3.27. The topological polar surface area (TPSA) is 35.5 Å². The Bertz CT molecular complexity index is 407. The highest BCUT2D eigenvalue weighted by Crippen LogP contribution is 2.35. The summed E-state index contributed by atoms with van der Waals surface area (Å²) in [6, 6.07) is 10.2. The maximum absolute atomic E-state index is 9.16. The molecule has 0 amide bonds. The van der Waals surface area contributed by atoms with Gasteiger partial charge < -0.3 is 15.3 Å². The zero-order valence-corrected chi connectivity index (χ0v) is 11.0. The van der Waals surface area contributed by atoms with E-state index in [0.717, 1.165) is 23.3 Å².